The van der Waals surface area contributed by atoms with E-state index in [1.54, 1.807) is 0 Å². The van der Waals surface area contributed by atoms with Crippen LogP contribution in [0.4, 0.5) is 5.69 Å². The summed E-state index contributed by atoms with van der Waals surface area (Å²) in [5.41, 5.74) is 8.55. The molecule has 0 spiro atoms. The van der Waals surface area contributed by atoms with Crippen LogP contribution in [0.3, 0.4) is 0 Å². The van der Waals surface area contributed by atoms with Gasteiger partial charge in [0.05, 0.1) is 0 Å². The predicted molar refractivity (Wildman–Crippen MR) is 82.5 cm³/mol. The lowest BCUT2D eigenvalue weighted by Crippen LogP contribution is -2.41. The first-order chi connectivity index (χ1) is 9.24. The first-order valence-corrected chi connectivity index (χ1v) is 6.77. The van der Waals surface area contributed by atoms with Gasteiger partial charge >= 0.3 is 0 Å². The van der Waals surface area contributed by atoms with Gasteiger partial charge in [-0.3, -0.25) is 0 Å². The van der Waals surface area contributed by atoms with E-state index < -0.39 is 0 Å². The summed E-state index contributed by atoms with van der Waals surface area (Å²) in [5.74, 6) is 0.399. The maximum atomic E-state index is 6.01. The zero-order chi connectivity index (χ0) is 13.7. The van der Waals surface area contributed by atoms with Gasteiger partial charge in [-0.05, 0) is 17.7 Å². The van der Waals surface area contributed by atoms with Crippen molar-refractivity contribution in [1.29, 1.82) is 0 Å². The molecule has 0 fully saturated rings. The lowest BCUT2D eigenvalue weighted by atomic mass is 9.92. The SMILES string of the molecule is CC(c1ccccc1)C(CN)N(C)c1ccccc1. The van der Waals surface area contributed by atoms with Gasteiger partial charge in [0.15, 0.2) is 0 Å². The molecule has 0 aromatic heterocycles. The maximum Gasteiger partial charge on any atom is 0.0474 e. The lowest BCUT2D eigenvalue weighted by molar-refractivity contribution is 0.547. The third kappa shape index (κ3) is 3.15. The predicted octanol–water partition coefficient (Wildman–Crippen LogP) is 3.25. The van der Waals surface area contributed by atoms with Crippen LogP contribution in [0.25, 0.3) is 0 Å². The van der Waals surface area contributed by atoms with Crippen LogP contribution in [0.15, 0.2) is 60.7 Å². The van der Waals surface area contributed by atoms with Crippen molar-refractivity contribution in [1.82, 2.24) is 0 Å². The van der Waals surface area contributed by atoms with Gasteiger partial charge in [-0.1, -0.05) is 55.5 Å². The molecule has 100 valence electrons. The summed E-state index contributed by atoms with van der Waals surface area (Å²) < 4.78 is 0. The minimum Gasteiger partial charge on any atom is -0.370 e. The summed E-state index contributed by atoms with van der Waals surface area (Å²) in [5, 5.41) is 0. The molecule has 2 rings (SSSR count). The molecule has 2 unspecified atom stereocenters. The Morgan fingerprint density at radius 1 is 0.947 bits per heavy atom. The van der Waals surface area contributed by atoms with Gasteiger partial charge in [-0.25, -0.2) is 0 Å². The Morgan fingerprint density at radius 3 is 2.00 bits per heavy atom. The molecular weight excluding hydrogens is 232 g/mol. The van der Waals surface area contributed by atoms with E-state index in [2.05, 4.69) is 73.5 Å². The molecule has 2 aromatic carbocycles. The van der Waals surface area contributed by atoms with Crippen LogP contribution in [0.2, 0.25) is 0 Å². The number of hydrogen-bond donors (Lipinski definition) is 1. The number of nitrogens with two attached hydrogens (primary N) is 1. The molecule has 2 heteroatoms. The van der Waals surface area contributed by atoms with Crippen molar-refractivity contribution in [3.63, 3.8) is 0 Å². The molecule has 0 amide bonds. The number of benzene rings is 2. The fourth-order valence-electron chi connectivity index (χ4n) is 2.53. The van der Waals surface area contributed by atoms with E-state index in [0.717, 1.165) is 0 Å². The summed E-state index contributed by atoms with van der Waals surface area (Å²) >= 11 is 0. The van der Waals surface area contributed by atoms with Gasteiger partial charge < -0.3 is 10.6 Å². The zero-order valence-electron chi connectivity index (χ0n) is 11.7. The average Bonchev–Trinajstić information content (AvgIpc) is 2.49. The maximum absolute atomic E-state index is 6.01. The molecule has 2 atom stereocenters. The van der Waals surface area contributed by atoms with E-state index >= 15 is 0 Å². The molecule has 0 bridgehead atoms. The van der Waals surface area contributed by atoms with E-state index in [0.29, 0.717) is 18.5 Å². The van der Waals surface area contributed by atoms with E-state index in [9.17, 15) is 0 Å². The molecular formula is C17H22N2. The number of likely N-dealkylation sites (N-methyl/N-ethyl adjacent to an activating group) is 1. The Labute approximate surface area is 115 Å². The number of nitrogens with zero attached hydrogens (tertiary/aromatic N) is 1. The van der Waals surface area contributed by atoms with E-state index in [1.165, 1.54) is 11.3 Å². The Balaban J connectivity index is 2.20. The van der Waals surface area contributed by atoms with Crippen molar-refractivity contribution in [2.24, 2.45) is 5.73 Å². The normalized spacial score (nSPS) is 13.8. The van der Waals surface area contributed by atoms with Crippen LogP contribution < -0.4 is 10.6 Å². The molecule has 0 saturated heterocycles. The van der Waals surface area contributed by atoms with Crippen molar-refractivity contribution in [2.45, 2.75) is 18.9 Å². The second-order valence-corrected chi connectivity index (χ2v) is 4.95. The summed E-state index contributed by atoms with van der Waals surface area (Å²) in [6, 6.07) is 21.3. The van der Waals surface area contributed by atoms with Crippen LogP contribution in [-0.2, 0) is 0 Å². The van der Waals surface area contributed by atoms with Gasteiger partial charge in [0, 0.05) is 31.2 Å². The lowest BCUT2D eigenvalue weighted by Gasteiger charge is -2.34. The highest BCUT2D eigenvalue weighted by atomic mass is 15.1. The molecule has 2 N–H and O–H groups in total. The smallest absolute Gasteiger partial charge is 0.0474 e. The second-order valence-electron chi connectivity index (χ2n) is 4.95. The number of para-hydroxylation sites is 1. The molecule has 0 aliphatic heterocycles. The van der Waals surface area contributed by atoms with Crippen LogP contribution in [-0.4, -0.2) is 19.6 Å². The van der Waals surface area contributed by atoms with Crippen molar-refractivity contribution in [3.8, 4) is 0 Å². The van der Waals surface area contributed by atoms with Crippen molar-refractivity contribution in [3.05, 3.63) is 66.2 Å². The Hall–Kier alpha value is -1.80. The average molecular weight is 254 g/mol. The third-order valence-corrected chi connectivity index (χ3v) is 3.80. The van der Waals surface area contributed by atoms with Crippen LogP contribution >= 0.6 is 0 Å². The Morgan fingerprint density at radius 2 is 1.47 bits per heavy atom. The molecule has 0 aliphatic carbocycles. The summed E-state index contributed by atoms with van der Waals surface area (Å²) in [6.45, 7) is 2.88. The fourth-order valence-corrected chi connectivity index (χ4v) is 2.53. The largest absolute Gasteiger partial charge is 0.370 e. The standard InChI is InChI=1S/C17H22N2/c1-14(15-9-5-3-6-10-15)17(13-18)19(2)16-11-7-4-8-12-16/h3-12,14,17H,13,18H2,1-2H3. The molecule has 0 saturated carbocycles. The first-order valence-electron chi connectivity index (χ1n) is 6.77. The van der Waals surface area contributed by atoms with Gasteiger partial charge in [0.25, 0.3) is 0 Å². The molecule has 0 radical (unpaired) electrons. The summed E-state index contributed by atoms with van der Waals surface area (Å²) in [7, 11) is 2.12. The van der Waals surface area contributed by atoms with Crippen molar-refractivity contribution >= 4 is 5.69 Å². The zero-order valence-corrected chi connectivity index (χ0v) is 11.7. The molecule has 2 nitrogen and oxygen atoms in total. The third-order valence-electron chi connectivity index (χ3n) is 3.80. The molecule has 0 aliphatic rings. The van der Waals surface area contributed by atoms with Gasteiger partial charge in [-0.15, -0.1) is 0 Å². The number of hydrogen-bond acceptors (Lipinski definition) is 2. The van der Waals surface area contributed by atoms with Crippen molar-refractivity contribution in [2.75, 3.05) is 18.5 Å². The van der Waals surface area contributed by atoms with Gasteiger partial charge in [-0.2, -0.15) is 0 Å². The van der Waals surface area contributed by atoms with E-state index in [4.69, 9.17) is 5.73 Å². The van der Waals surface area contributed by atoms with Crippen molar-refractivity contribution < 1.29 is 0 Å². The summed E-state index contributed by atoms with van der Waals surface area (Å²) in [4.78, 5) is 2.28. The molecule has 0 heterocycles. The van der Waals surface area contributed by atoms with Gasteiger partial charge in [0.2, 0.25) is 0 Å². The van der Waals surface area contributed by atoms with E-state index in [1.807, 2.05) is 6.07 Å². The van der Waals surface area contributed by atoms with E-state index in [-0.39, 0.29) is 0 Å². The Bertz CT molecular complexity index is 436. The van der Waals surface area contributed by atoms with Crippen LogP contribution in [0, 0.1) is 0 Å². The summed E-state index contributed by atoms with van der Waals surface area (Å²) in [6.07, 6.45) is 0. The highest BCUT2D eigenvalue weighted by Crippen LogP contribution is 2.25. The van der Waals surface area contributed by atoms with Gasteiger partial charge in [0.1, 0.15) is 0 Å². The fraction of sp³-hybridized carbons (Fsp3) is 0.294. The minimum absolute atomic E-state index is 0.296. The van der Waals surface area contributed by atoms with Crippen LogP contribution in [0.5, 0.6) is 0 Å². The topological polar surface area (TPSA) is 29.3 Å². The molecule has 2 aromatic rings. The molecule has 19 heavy (non-hydrogen) atoms. The highest BCUT2D eigenvalue weighted by Gasteiger charge is 2.21. The second kappa shape index (κ2) is 6.39. The number of rotatable bonds is 5. The monoisotopic (exact) mass is 254 g/mol. The van der Waals surface area contributed by atoms with Crippen LogP contribution in [0.1, 0.15) is 18.4 Å². The number of anilines is 1. The quantitative estimate of drug-likeness (QED) is 0.887. The minimum atomic E-state index is 0.296. The first kappa shape index (κ1) is 13.6. The Kier molecular flexibility index (Phi) is 4.58. The highest BCUT2D eigenvalue weighted by molar-refractivity contribution is 5.47.